The topological polar surface area (TPSA) is 88.2 Å². The molecule has 0 bridgehead atoms. The molecule has 1 N–H and O–H groups in total. The summed E-state index contributed by atoms with van der Waals surface area (Å²) in [7, 11) is -0.752. The predicted octanol–water partition coefficient (Wildman–Crippen LogP) is 0.134. The Bertz CT molecular complexity index is 733. The van der Waals surface area contributed by atoms with Crippen LogP contribution in [0.1, 0.15) is 18.0 Å². The Hall–Kier alpha value is -1.68. The van der Waals surface area contributed by atoms with Gasteiger partial charge in [-0.05, 0) is 24.1 Å². The van der Waals surface area contributed by atoms with Gasteiger partial charge in [0.25, 0.3) is 10.2 Å². The summed E-state index contributed by atoms with van der Waals surface area (Å²) in [5, 5.41) is 0. The first kappa shape index (κ1) is 18.1. The van der Waals surface area contributed by atoms with Gasteiger partial charge >= 0.3 is 0 Å². The van der Waals surface area contributed by atoms with Crippen molar-refractivity contribution in [3.63, 3.8) is 0 Å². The highest BCUT2D eigenvalue weighted by molar-refractivity contribution is 7.87. The molecule has 2 heterocycles. The molecule has 2 saturated heterocycles. The van der Waals surface area contributed by atoms with E-state index in [1.165, 1.54) is 7.05 Å². The molecular weight excluding hydrogens is 346 g/mol. The van der Waals surface area contributed by atoms with Gasteiger partial charge in [-0.1, -0.05) is 12.1 Å². The molecule has 9 heteroatoms. The summed E-state index contributed by atoms with van der Waals surface area (Å²) in [6, 6.07) is 6.00. The Balaban J connectivity index is 1.86. The standard InChI is InChI=1S/C16H23N3O5S/c1-18-15(16(20)19-6-8-24-9-7-19)11-14(17-25(18,21)22)12-4-3-5-13(10-12)23-2/h3-5,10,14-15,17H,6-9,11H2,1-2H3/t14-,15-/m0/s1. The third-order valence-electron chi connectivity index (χ3n) is 4.67. The van der Waals surface area contributed by atoms with Crippen LogP contribution >= 0.6 is 0 Å². The summed E-state index contributed by atoms with van der Waals surface area (Å²) < 4.78 is 39.3. The number of rotatable bonds is 3. The highest BCUT2D eigenvalue weighted by Gasteiger charge is 2.42. The molecule has 138 valence electrons. The van der Waals surface area contributed by atoms with Crippen LogP contribution in [0.5, 0.6) is 5.75 Å². The maximum Gasteiger partial charge on any atom is 0.280 e. The number of nitrogens with zero attached hydrogens (tertiary/aromatic N) is 2. The Morgan fingerprint density at radius 1 is 1.32 bits per heavy atom. The molecule has 2 aliphatic rings. The van der Waals surface area contributed by atoms with Crippen LogP contribution in [0.4, 0.5) is 0 Å². The number of amides is 1. The molecular formula is C16H23N3O5S. The van der Waals surface area contributed by atoms with Crippen LogP contribution in [0, 0.1) is 0 Å². The molecule has 2 aliphatic heterocycles. The van der Waals surface area contributed by atoms with E-state index in [0.717, 1.165) is 9.87 Å². The first-order chi connectivity index (χ1) is 11.9. The maximum absolute atomic E-state index is 12.9. The second-order valence-corrected chi connectivity index (χ2v) is 7.92. The fourth-order valence-corrected chi connectivity index (χ4v) is 4.43. The minimum Gasteiger partial charge on any atom is -0.497 e. The minimum absolute atomic E-state index is 0.177. The van der Waals surface area contributed by atoms with Crippen molar-refractivity contribution in [2.45, 2.75) is 18.5 Å². The summed E-state index contributed by atoms with van der Waals surface area (Å²) in [6.07, 6.45) is 0.360. The van der Waals surface area contributed by atoms with E-state index >= 15 is 0 Å². The number of carbonyl (C=O) groups is 1. The average molecular weight is 369 g/mol. The number of morpholine rings is 1. The van der Waals surface area contributed by atoms with E-state index in [-0.39, 0.29) is 5.91 Å². The largest absolute Gasteiger partial charge is 0.497 e. The quantitative estimate of drug-likeness (QED) is 0.818. The van der Waals surface area contributed by atoms with Gasteiger partial charge in [0.15, 0.2) is 0 Å². The van der Waals surface area contributed by atoms with Crippen molar-refractivity contribution in [1.82, 2.24) is 13.9 Å². The van der Waals surface area contributed by atoms with Gasteiger partial charge in [0.05, 0.1) is 26.4 Å². The molecule has 0 saturated carbocycles. The van der Waals surface area contributed by atoms with Crippen LogP contribution in [-0.2, 0) is 19.7 Å². The summed E-state index contributed by atoms with van der Waals surface area (Å²) in [5.41, 5.74) is 0.774. The van der Waals surface area contributed by atoms with Crippen LogP contribution in [0.2, 0.25) is 0 Å². The van der Waals surface area contributed by atoms with Gasteiger partial charge in [-0.15, -0.1) is 0 Å². The van der Waals surface area contributed by atoms with Gasteiger partial charge in [-0.25, -0.2) is 0 Å². The maximum atomic E-state index is 12.9. The third-order valence-corrected chi connectivity index (χ3v) is 6.27. The van der Waals surface area contributed by atoms with Crippen LogP contribution in [-0.4, -0.2) is 70.0 Å². The molecule has 3 rings (SSSR count). The fourth-order valence-electron chi connectivity index (χ4n) is 3.16. The second kappa shape index (κ2) is 7.28. The zero-order valence-corrected chi connectivity index (χ0v) is 15.2. The number of hydrogen-bond acceptors (Lipinski definition) is 5. The molecule has 2 fully saturated rings. The molecule has 1 amide bonds. The van der Waals surface area contributed by atoms with Crippen molar-refractivity contribution >= 4 is 16.1 Å². The van der Waals surface area contributed by atoms with Crippen molar-refractivity contribution in [3.05, 3.63) is 29.8 Å². The number of hydrogen-bond donors (Lipinski definition) is 1. The smallest absolute Gasteiger partial charge is 0.280 e. The van der Waals surface area contributed by atoms with Gasteiger partial charge in [-0.2, -0.15) is 17.4 Å². The average Bonchev–Trinajstić information content (AvgIpc) is 2.64. The molecule has 0 unspecified atom stereocenters. The zero-order chi connectivity index (χ0) is 18.0. The van der Waals surface area contributed by atoms with Crippen LogP contribution in [0.3, 0.4) is 0 Å². The van der Waals surface area contributed by atoms with Crippen molar-refractivity contribution in [1.29, 1.82) is 0 Å². The number of benzene rings is 1. The van der Waals surface area contributed by atoms with Gasteiger partial charge < -0.3 is 14.4 Å². The lowest BCUT2D eigenvalue weighted by atomic mass is 9.98. The fraction of sp³-hybridized carbons (Fsp3) is 0.562. The summed E-state index contributed by atoms with van der Waals surface area (Å²) >= 11 is 0. The van der Waals surface area contributed by atoms with E-state index in [2.05, 4.69) is 4.72 Å². The number of methoxy groups -OCH3 is 1. The van der Waals surface area contributed by atoms with Gasteiger partial charge in [0, 0.05) is 20.1 Å². The molecule has 0 aliphatic carbocycles. The van der Waals surface area contributed by atoms with Crippen LogP contribution in [0.25, 0.3) is 0 Å². The monoisotopic (exact) mass is 369 g/mol. The van der Waals surface area contributed by atoms with E-state index in [1.807, 2.05) is 6.07 Å². The molecule has 2 atom stereocenters. The normalized spacial score (nSPS) is 27.0. The number of likely N-dealkylation sites (N-methyl/N-ethyl adjacent to an activating group) is 1. The third kappa shape index (κ3) is 3.79. The number of ether oxygens (including phenoxy) is 2. The molecule has 0 spiro atoms. The molecule has 0 radical (unpaired) electrons. The first-order valence-electron chi connectivity index (χ1n) is 8.18. The SMILES string of the molecule is COc1cccc([C@@H]2C[C@@H](C(=O)N3CCOCC3)N(C)S(=O)(=O)N2)c1. The number of nitrogens with one attached hydrogen (secondary N) is 1. The zero-order valence-electron chi connectivity index (χ0n) is 14.3. The second-order valence-electron chi connectivity index (χ2n) is 6.16. The molecule has 1 aromatic rings. The summed E-state index contributed by atoms with van der Waals surface area (Å²) in [6.45, 7) is 1.93. The highest BCUT2D eigenvalue weighted by Crippen LogP contribution is 2.30. The molecule has 8 nitrogen and oxygen atoms in total. The predicted molar refractivity (Wildman–Crippen MR) is 91.4 cm³/mol. The van der Waals surface area contributed by atoms with Crippen molar-refractivity contribution < 1.29 is 22.7 Å². The molecule has 25 heavy (non-hydrogen) atoms. The first-order valence-corrected chi connectivity index (χ1v) is 9.62. The highest BCUT2D eigenvalue weighted by atomic mass is 32.2. The van der Waals surface area contributed by atoms with E-state index in [4.69, 9.17) is 9.47 Å². The Labute approximate surface area is 147 Å². The van der Waals surface area contributed by atoms with E-state index in [0.29, 0.717) is 38.5 Å². The Kier molecular flexibility index (Phi) is 5.28. The van der Waals surface area contributed by atoms with Crippen LogP contribution < -0.4 is 9.46 Å². The molecule has 1 aromatic carbocycles. The van der Waals surface area contributed by atoms with Crippen molar-refractivity contribution in [2.24, 2.45) is 0 Å². The van der Waals surface area contributed by atoms with Crippen molar-refractivity contribution in [2.75, 3.05) is 40.5 Å². The van der Waals surface area contributed by atoms with Gasteiger partial charge in [-0.3, -0.25) is 4.79 Å². The van der Waals surface area contributed by atoms with E-state index in [9.17, 15) is 13.2 Å². The van der Waals surface area contributed by atoms with Gasteiger partial charge in [0.1, 0.15) is 11.8 Å². The summed E-state index contributed by atoms with van der Waals surface area (Å²) in [5.74, 6) is 0.468. The summed E-state index contributed by atoms with van der Waals surface area (Å²) in [4.78, 5) is 14.5. The lowest BCUT2D eigenvalue weighted by molar-refractivity contribution is -0.139. The Morgan fingerprint density at radius 2 is 2.04 bits per heavy atom. The lowest BCUT2D eigenvalue weighted by Gasteiger charge is -2.39. The minimum atomic E-state index is -3.75. The van der Waals surface area contributed by atoms with Gasteiger partial charge in [0.2, 0.25) is 5.91 Å². The number of carbonyl (C=O) groups excluding carboxylic acids is 1. The van der Waals surface area contributed by atoms with Crippen LogP contribution in [0.15, 0.2) is 24.3 Å². The molecule has 0 aromatic heterocycles. The van der Waals surface area contributed by atoms with Crippen molar-refractivity contribution in [3.8, 4) is 5.75 Å². The Morgan fingerprint density at radius 3 is 2.72 bits per heavy atom. The van der Waals surface area contributed by atoms with E-state index < -0.39 is 22.3 Å². The lowest BCUT2D eigenvalue weighted by Crippen LogP contribution is -2.58. The van der Waals surface area contributed by atoms with E-state index in [1.54, 1.807) is 30.2 Å².